The molecule has 0 unspecified atom stereocenters. The summed E-state index contributed by atoms with van der Waals surface area (Å²) in [6.45, 7) is 0.189. The van der Waals surface area contributed by atoms with Crippen LogP contribution >= 0.6 is 24.0 Å². The highest BCUT2D eigenvalue weighted by atomic mass is 32.2. The van der Waals surface area contributed by atoms with Crippen molar-refractivity contribution < 1.29 is 19.0 Å². The molecule has 2 aromatic carbocycles. The first-order valence-corrected chi connectivity index (χ1v) is 8.70. The third-order valence-corrected chi connectivity index (χ3v) is 5.12. The maximum atomic E-state index is 12.8. The maximum Gasteiger partial charge on any atom is 0.270 e. The van der Waals surface area contributed by atoms with Crippen LogP contribution in [0.1, 0.15) is 5.56 Å². The van der Waals surface area contributed by atoms with E-state index in [-0.39, 0.29) is 12.7 Å². The number of methoxy groups -OCH3 is 1. The van der Waals surface area contributed by atoms with Gasteiger partial charge in [-0.2, -0.15) is 0 Å². The number of amides is 1. The number of thioether (sulfide) groups is 1. The van der Waals surface area contributed by atoms with E-state index < -0.39 is 0 Å². The third-order valence-electron chi connectivity index (χ3n) is 3.82. The molecule has 1 saturated heterocycles. The summed E-state index contributed by atoms with van der Waals surface area (Å²) in [5.74, 6) is 1.91. The summed E-state index contributed by atoms with van der Waals surface area (Å²) in [5.41, 5.74) is 1.58. The number of ether oxygens (including phenoxy) is 3. The molecule has 1 amide bonds. The first kappa shape index (κ1) is 16.0. The van der Waals surface area contributed by atoms with Gasteiger partial charge in [-0.05, 0) is 35.9 Å². The van der Waals surface area contributed by atoms with Crippen molar-refractivity contribution in [3.05, 3.63) is 52.9 Å². The molecule has 0 radical (unpaired) electrons. The van der Waals surface area contributed by atoms with Crippen LogP contribution in [0.3, 0.4) is 0 Å². The van der Waals surface area contributed by atoms with Gasteiger partial charge in [-0.1, -0.05) is 36.1 Å². The quantitative estimate of drug-likeness (QED) is 0.604. The second-order valence-corrected chi connectivity index (χ2v) is 7.00. The predicted molar refractivity (Wildman–Crippen MR) is 101 cm³/mol. The fourth-order valence-electron chi connectivity index (χ4n) is 2.57. The second kappa shape index (κ2) is 6.42. The number of carbonyl (C=O) groups is 1. The fraction of sp³-hybridized carbons (Fsp3) is 0.111. The van der Waals surface area contributed by atoms with E-state index in [9.17, 15) is 4.79 Å². The van der Waals surface area contributed by atoms with Gasteiger partial charge in [0.05, 0.1) is 17.7 Å². The number of nitrogens with zero attached hydrogens (tertiary/aromatic N) is 1. The Morgan fingerprint density at radius 3 is 2.68 bits per heavy atom. The molecule has 0 bridgehead atoms. The topological polar surface area (TPSA) is 48.0 Å². The average molecular weight is 371 g/mol. The van der Waals surface area contributed by atoms with Crippen LogP contribution in [0.25, 0.3) is 6.08 Å². The van der Waals surface area contributed by atoms with E-state index in [1.807, 2.05) is 30.3 Å². The van der Waals surface area contributed by atoms with E-state index in [2.05, 4.69) is 0 Å². The highest BCUT2D eigenvalue weighted by molar-refractivity contribution is 8.27. The Morgan fingerprint density at radius 1 is 1.16 bits per heavy atom. The van der Waals surface area contributed by atoms with E-state index in [1.54, 1.807) is 25.3 Å². The van der Waals surface area contributed by atoms with Crippen LogP contribution in [0.15, 0.2) is 47.4 Å². The van der Waals surface area contributed by atoms with Gasteiger partial charge in [-0.25, -0.2) is 0 Å². The highest BCUT2D eigenvalue weighted by Crippen LogP contribution is 2.40. The van der Waals surface area contributed by atoms with Crippen molar-refractivity contribution in [3.8, 4) is 17.2 Å². The lowest BCUT2D eigenvalue weighted by atomic mass is 10.2. The van der Waals surface area contributed by atoms with Gasteiger partial charge >= 0.3 is 0 Å². The minimum absolute atomic E-state index is 0.148. The number of thiocarbonyl (C=S) groups is 1. The fourth-order valence-corrected chi connectivity index (χ4v) is 3.87. The Kier molecular flexibility index (Phi) is 4.10. The van der Waals surface area contributed by atoms with Gasteiger partial charge in [0.1, 0.15) is 5.75 Å². The van der Waals surface area contributed by atoms with Gasteiger partial charge in [-0.3, -0.25) is 9.69 Å². The van der Waals surface area contributed by atoms with Crippen LogP contribution in [-0.4, -0.2) is 24.1 Å². The largest absolute Gasteiger partial charge is 0.497 e. The molecule has 0 aromatic heterocycles. The van der Waals surface area contributed by atoms with E-state index >= 15 is 0 Å². The minimum Gasteiger partial charge on any atom is -0.497 e. The smallest absolute Gasteiger partial charge is 0.270 e. The summed E-state index contributed by atoms with van der Waals surface area (Å²) in [6, 6.07) is 12.8. The molecule has 5 nitrogen and oxygen atoms in total. The Bertz CT molecular complexity index is 892. The first-order valence-electron chi connectivity index (χ1n) is 7.47. The van der Waals surface area contributed by atoms with Gasteiger partial charge in [0, 0.05) is 6.07 Å². The van der Waals surface area contributed by atoms with Crippen LogP contribution in [0.4, 0.5) is 5.69 Å². The Balaban J connectivity index is 1.62. The SMILES string of the molecule is COc1ccc(C=C2SC(=S)N(c3ccc4c(c3)OCO4)C2=O)cc1. The molecule has 4 rings (SSSR count). The predicted octanol–water partition coefficient (Wildman–Crippen LogP) is 3.83. The molecule has 0 aliphatic carbocycles. The summed E-state index contributed by atoms with van der Waals surface area (Å²) in [4.78, 5) is 14.9. The van der Waals surface area contributed by atoms with Crippen molar-refractivity contribution in [1.82, 2.24) is 0 Å². The monoisotopic (exact) mass is 371 g/mol. The lowest BCUT2D eigenvalue weighted by molar-refractivity contribution is -0.113. The number of carbonyl (C=O) groups excluding carboxylic acids is 1. The molecule has 2 aromatic rings. The summed E-state index contributed by atoms with van der Waals surface area (Å²) >= 11 is 6.68. The van der Waals surface area contributed by atoms with Crippen LogP contribution < -0.4 is 19.1 Å². The number of rotatable bonds is 3. The number of fused-ring (bicyclic) bond motifs is 1. The van der Waals surface area contributed by atoms with Gasteiger partial charge < -0.3 is 14.2 Å². The third kappa shape index (κ3) is 2.96. The standard InChI is InChI=1S/C18H13NO4S2/c1-21-13-5-2-11(3-6-13)8-16-17(20)19(18(24)25-16)12-4-7-14-15(9-12)23-10-22-14/h2-9H,10H2,1H3. The van der Waals surface area contributed by atoms with E-state index in [0.29, 0.717) is 26.4 Å². The van der Waals surface area contributed by atoms with Gasteiger partial charge in [0.25, 0.3) is 5.91 Å². The molecule has 2 aliphatic heterocycles. The molecule has 25 heavy (non-hydrogen) atoms. The van der Waals surface area contributed by atoms with Gasteiger partial charge in [-0.15, -0.1) is 0 Å². The molecular formula is C18H13NO4S2. The van der Waals surface area contributed by atoms with Crippen LogP contribution in [0, 0.1) is 0 Å². The number of hydrogen-bond acceptors (Lipinski definition) is 6. The summed E-state index contributed by atoms with van der Waals surface area (Å²) in [7, 11) is 1.62. The molecule has 1 fully saturated rings. The Labute approximate surface area is 154 Å². The molecule has 126 valence electrons. The zero-order chi connectivity index (χ0) is 17.4. The van der Waals surface area contributed by atoms with Crippen LogP contribution in [-0.2, 0) is 4.79 Å². The summed E-state index contributed by atoms with van der Waals surface area (Å²) < 4.78 is 16.3. The lowest BCUT2D eigenvalue weighted by Gasteiger charge is -2.14. The molecule has 2 heterocycles. The maximum absolute atomic E-state index is 12.8. The Hall–Kier alpha value is -2.51. The van der Waals surface area contributed by atoms with Crippen molar-refractivity contribution >= 4 is 46.0 Å². The first-order chi connectivity index (χ1) is 12.2. The molecule has 0 atom stereocenters. The van der Waals surface area contributed by atoms with Crippen molar-refractivity contribution in [2.45, 2.75) is 0 Å². The Morgan fingerprint density at radius 2 is 1.92 bits per heavy atom. The molecule has 0 saturated carbocycles. The van der Waals surface area contributed by atoms with Crippen molar-refractivity contribution in [3.63, 3.8) is 0 Å². The normalized spacial score (nSPS) is 17.5. The van der Waals surface area contributed by atoms with E-state index in [1.165, 1.54) is 16.7 Å². The van der Waals surface area contributed by atoms with Crippen LogP contribution in [0.5, 0.6) is 17.2 Å². The molecule has 0 spiro atoms. The lowest BCUT2D eigenvalue weighted by Crippen LogP contribution is -2.27. The van der Waals surface area contributed by atoms with Crippen molar-refractivity contribution in [1.29, 1.82) is 0 Å². The van der Waals surface area contributed by atoms with Crippen molar-refractivity contribution in [2.24, 2.45) is 0 Å². The van der Waals surface area contributed by atoms with E-state index in [4.69, 9.17) is 26.4 Å². The molecule has 7 heteroatoms. The zero-order valence-electron chi connectivity index (χ0n) is 13.2. The van der Waals surface area contributed by atoms with Gasteiger partial charge in [0.2, 0.25) is 6.79 Å². The van der Waals surface area contributed by atoms with Gasteiger partial charge in [0.15, 0.2) is 15.8 Å². The summed E-state index contributed by atoms with van der Waals surface area (Å²) in [6.07, 6.45) is 1.83. The molecule has 2 aliphatic rings. The highest BCUT2D eigenvalue weighted by Gasteiger charge is 2.34. The van der Waals surface area contributed by atoms with Crippen molar-refractivity contribution in [2.75, 3.05) is 18.8 Å². The summed E-state index contributed by atoms with van der Waals surface area (Å²) in [5, 5.41) is 0. The number of benzene rings is 2. The van der Waals surface area contributed by atoms with Crippen LogP contribution in [0.2, 0.25) is 0 Å². The molecule has 0 N–H and O–H groups in total. The van der Waals surface area contributed by atoms with E-state index in [0.717, 1.165) is 11.3 Å². The number of anilines is 1. The molecular weight excluding hydrogens is 358 g/mol. The second-order valence-electron chi connectivity index (χ2n) is 5.33. The number of hydrogen-bond donors (Lipinski definition) is 0. The average Bonchev–Trinajstić information content (AvgIpc) is 3.19. The zero-order valence-corrected chi connectivity index (χ0v) is 14.9. The minimum atomic E-state index is -0.148.